The number of para-hydroxylation sites is 2. The number of nitrogens with one attached hydrogen (secondary N) is 1. The molecule has 0 radical (unpaired) electrons. The van der Waals surface area contributed by atoms with Crippen LogP contribution in [0, 0.1) is 0 Å². The molecule has 142 valence electrons. The Morgan fingerprint density at radius 3 is 2.58 bits per heavy atom. The van der Waals surface area contributed by atoms with Gasteiger partial charge in [-0.05, 0) is 25.5 Å². The van der Waals surface area contributed by atoms with Gasteiger partial charge in [-0.1, -0.05) is 12.1 Å². The Bertz CT molecular complexity index is 716. The van der Waals surface area contributed by atoms with Gasteiger partial charge in [0.1, 0.15) is 5.75 Å². The van der Waals surface area contributed by atoms with Gasteiger partial charge in [-0.3, -0.25) is 0 Å². The Morgan fingerprint density at radius 1 is 1.08 bits per heavy atom. The van der Waals surface area contributed by atoms with E-state index in [0.717, 1.165) is 49.1 Å². The topological polar surface area (TPSA) is 47.9 Å². The predicted molar refractivity (Wildman–Crippen MR) is 104 cm³/mol. The lowest BCUT2D eigenvalue weighted by molar-refractivity contribution is 0.307. The molecule has 0 saturated carbocycles. The van der Waals surface area contributed by atoms with Crippen LogP contribution in [0.4, 0.5) is 5.69 Å². The molecule has 2 unspecified atom stereocenters. The summed E-state index contributed by atoms with van der Waals surface area (Å²) in [7, 11) is 5.08. The van der Waals surface area contributed by atoms with Crippen molar-refractivity contribution in [1.82, 2.24) is 9.88 Å². The van der Waals surface area contributed by atoms with Crippen LogP contribution in [0.2, 0.25) is 0 Å². The lowest BCUT2D eigenvalue weighted by atomic mass is 10.0. The maximum Gasteiger partial charge on any atom is 0.237 e. The first kappa shape index (κ1) is 18.5. The second-order valence-corrected chi connectivity index (χ2v) is 6.61. The summed E-state index contributed by atoms with van der Waals surface area (Å²) in [6.07, 6.45) is 3.02. The summed E-state index contributed by atoms with van der Waals surface area (Å²) in [6.45, 7) is 5.10. The van der Waals surface area contributed by atoms with Crippen LogP contribution in [0.25, 0.3) is 0 Å². The predicted octanol–water partition coefficient (Wildman–Crippen LogP) is 2.94. The van der Waals surface area contributed by atoms with Gasteiger partial charge < -0.3 is 29.0 Å². The van der Waals surface area contributed by atoms with Gasteiger partial charge >= 0.3 is 0 Å². The molecule has 1 aliphatic heterocycles. The molecule has 26 heavy (non-hydrogen) atoms. The maximum atomic E-state index is 5.59. The van der Waals surface area contributed by atoms with Crippen molar-refractivity contribution in [3.05, 3.63) is 36.5 Å². The van der Waals surface area contributed by atoms with Crippen LogP contribution in [0.3, 0.4) is 0 Å². The van der Waals surface area contributed by atoms with Crippen molar-refractivity contribution >= 4 is 5.69 Å². The third-order valence-electron chi connectivity index (χ3n) is 5.08. The van der Waals surface area contributed by atoms with E-state index in [-0.39, 0.29) is 6.04 Å². The lowest BCUT2D eigenvalue weighted by Crippen LogP contribution is -2.52. The molecular formula is C20H29N3O3. The van der Waals surface area contributed by atoms with E-state index in [1.165, 1.54) is 0 Å². The summed E-state index contributed by atoms with van der Waals surface area (Å²) < 4.78 is 18.7. The fourth-order valence-electron chi connectivity index (χ4n) is 3.79. The lowest BCUT2D eigenvalue weighted by Gasteiger charge is -2.40. The molecule has 1 N–H and O–H groups in total. The Balaban J connectivity index is 1.81. The van der Waals surface area contributed by atoms with Gasteiger partial charge in [0.05, 0.1) is 27.0 Å². The molecule has 1 fully saturated rings. The van der Waals surface area contributed by atoms with Gasteiger partial charge in [-0.15, -0.1) is 0 Å². The number of nitrogens with zero attached hydrogens (tertiary/aromatic N) is 2. The zero-order valence-electron chi connectivity index (χ0n) is 16.1. The third-order valence-corrected chi connectivity index (χ3v) is 5.08. The number of hydrogen-bond acceptors (Lipinski definition) is 5. The van der Waals surface area contributed by atoms with Crippen LogP contribution in [-0.2, 0) is 0 Å². The molecule has 6 heteroatoms. The number of ether oxygens (including phenoxy) is 3. The van der Waals surface area contributed by atoms with Gasteiger partial charge in [0.15, 0.2) is 5.75 Å². The van der Waals surface area contributed by atoms with Gasteiger partial charge in [-0.2, -0.15) is 0 Å². The Hall–Kier alpha value is -2.34. The van der Waals surface area contributed by atoms with Crippen molar-refractivity contribution < 1.29 is 14.2 Å². The van der Waals surface area contributed by atoms with E-state index < -0.39 is 0 Å². The first-order valence-corrected chi connectivity index (χ1v) is 9.08. The summed E-state index contributed by atoms with van der Waals surface area (Å²) in [5.41, 5.74) is 1.16. The number of hydrogen-bond donors (Lipinski definition) is 1. The van der Waals surface area contributed by atoms with Crippen molar-refractivity contribution in [2.24, 2.45) is 0 Å². The van der Waals surface area contributed by atoms with Gasteiger partial charge in [-0.25, -0.2) is 0 Å². The molecule has 0 amide bonds. The van der Waals surface area contributed by atoms with E-state index in [4.69, 9.17) is 14.2 Å². The molecule has 2 atom stereocenters. The monoisotopic (exact) mass is 359 g/mol. The molecule has 1 aromatic carbocycles. The van der Waals surface area contributed by atoms with Crippen LogP contribution < -0.4 is 24.4 Å². The normalized spacial score (nSPS) is 18.5. The zero-order chi connectivity index (χ0) is 18.5. The summed E-state index contributed by atoms with van der Waals surface area (Å²) in [6, 6.07) is 10.8. The Labute approximate surface area is 155 Å². The van der Waals surface area contributed by atoms with Crippen molar-refractivity contribution in [2.45, 2.75) is 25.4 Å². The molecule has 1 saturated heterocycles. The Kier molecular flexibility index (Phi) is 5.93. The molecule has 1 aliphatic rings. The van der Waals surface area contributed by atoms with Crippen LogP contribution in [0.15, 0.2) is 36.5 Å². The fourth-order valence-corrected chi connectivity index (χ4v) is 3.79. The summed E-state index contributed by atoms with van der Waals surface area (Å²) in [5.74, 6) is 2.46. The second kappa shape index (κ2) is 8.36. The van der Waals surface area contributed by atoms with Crippen molar-refractivity contribution in [3.8, 4) is 17.4 Å². The highest BCUT2D eigenvalue weighted by molar-refractivity contribution is 5.59. The zero-order valence-corrected chi connectivity index (χ0v) is 16.1. The number of rotatable bonds is 7. The summed E-state index contributed by atoms with van der Waals surface area (Å²) in [5, 5.41) is 3.53. The molecule has 0 spiro atoms. The van der Waals surface area contributed by atoms with Crippen molar-refractivity contribution in [3.63, 3.8) is 0 Å². The van der Waals surface area contributed by atoms with E-state index >= 15 is 0 Å². The average Bonchev–Trinajstić information content (AvgIpc) is 3.11. The minimum atomic E-state index is 0.274. The molecular weight excluding hydrogens is 330 g/mol. The molecule has 6 nitrogen and oxygen atoms in total. The summed E-state index contributed by atoms with van der Waals surface area (Å²) >= 11 is 0. The molecule has 1 aromatic heterocycles. The van der Waals surface area contributed by atoms with E-state index in [2.05, 4.69) is 33.8 Å². The van der Waals surface area contributed by atoms with Gasteiger partial charge in [0.2, 0.25) is 5.88 Å². The van der Waals surface area contributed by atoms with Gasteiger partial charge in [0, 0.05) is 44.0 Å². The molecule has 0 aliphatic carbocycles. The van der Waals surface area contributed by atoms with Crippen LogP contribution >= 0.6 is 0 Å². The standard InChI is InChI=1S/C20H29N3O3/c1-15(22-11-9-19(25-3)20(22)26-4)13-16-14-21-10-12-23(16)17-7-5-6-8-18(17)24-2/h5-9,11,15-16,21H,10,12-14H2,1-4H3. The molecule has 0 bridgehead atoms. The number of piperazine rings is 1. The molecule has 2 heterocycles. The number of aromatic nitrogens is 1. The number of benzene rings is 1. The van der Waals surface area contributed by atoms with Gasteiger partial charge in [0.25, 0.3) is 0 Å². The number of methoxy groups -OCH3 is 3. The largest absolute Gasteiger partial charge is 0.495 e. The van der Waals surface area contributed by atoms with Crippen molar-refractivity contribution in [1.29, 1.82) is 0 Å². The SMILES string of the molecule is COc1ccccc1N1CCNCC1CC(C)n1ccc(OC)c1OC. The highest BCUT2D eigenvalue weighted by Gasteiger charge is 2.27. The van der Waals surface area contributed by atoms with Crippen LogP contribution in [0.5, 0.6) is 17.4 Å². The average molecular weight is 359 g/mol. The van der Waals surface area contributed by atoms with E-state index in [0.29, 0.717) is 6.04 Å². The number of anilines is 1. The highest BCUT2D eigenvalue weighted by Crippen LogP contribution is 2.35. The van der Waals surface area contributed by atoms with E-state index in [1.807, 2.05) is 24.4 Å². The smallest absolute Gasteiger partial charge is 0.237 e. The third kappa shape index (κ3) is 3.60. The minimum Gasteiger partial charge on any atom is -0.495 e. The quantitative estimate of drug-likeness (QED) is 0.824. The highest BCUT2D eigenvalue weighted by atomic mass is 16.5. The van der Waals surface area contributed by atoms with Crippen LogP contribution in [-0.4, -0.2) is 51.6 Å². The first-order valence-electron chi connectivity index (χ1n) is 9.08. The van der Waals surface area contributed by atoms with Crippen molar-refractivity contribution in [2.75, 3.05) is 45.9 Å². The minimum absolute atomic E-state index is 0.274. The van der Waals surface area contributed by atoms with E-state index in [1.54, 1.807) is 21.3 Å². The molecule has 2 aromatic rings. The first-order chi connectivity index (χ1) is 12.7. The van der Waals surface area contributed by atoms with E-state index in [9.17, 15) is 0 Å². The summed E-state index contributed by atoms with van der Waals surface area (Å²) in [4.78, 5) is 2.46. The Morgan fingerprint density at radius 2 is 1.85 bits per heavy atom. The fraction of sp³-hybridized carbons (Fsp3) is 0.500. The molecule has 3 rings (SSSR count). The second-order valence-electron chi connectivity index (χ2n) is 6.61. The maximum absolute atomic E-state index is 5.59. The van der Waals surface area contributed by atoms with Crippen LogP contribution in [0.1, 0.15) is 19.4 Å².